The molecule has 246 valence electrons. The molecule has 0 aromatic rings. The van der Waals surface area contributed by atoms with Gasteiger partial charge in [0.1, 0.15) is 0 Å². The molecule has 4 aliphatic carbocycles. The molecule has 0 radical (unpaired) electrons. The van der Waals surface area contributed by atoms with E-state index in [-0.39, 0.29) is 23.7 Å². The van der Waals surface area contributed by atoms with Gasteiger partial charge in [-0.25, -0.2) is 0 Å². The minimum atomic E-state index is 0. The fraction of sp³-hybridized carbons (Fsp3) is 0.725. The molecule has 0 aromatic heterocycles. The van der Waals surface area contributed by atoms with Gasteiger partial charge in [0.2, 0.25) is 6.41 Å². The number of amides is 1. The van der Waals surface area contributed by atoms with E-state index in [1.807, 2.05) is 14.0 Å². The maximum absolute atomic E-state index is 11.0. The van der Waals surface area contributed by atoms with Gasteiger partial charge in [-0.1, -0.05) is 110 Å². The van der Waals surface area contributed by atoms with Crippen LogP contribution in [0.15, 0.2) is 60.8 Å². The smallest absolute Gasteiger partial charge is 0.207 e. The minimum Gasteiger partial charge on any atom is -0.358 e. The van der Waals surface area contributed by atoms with Crippen LogP contribution in [-0.4, -0.2) is 26.5 Å². The zero-order valence-corrected chi connectivity index (χ0v) is 28.8. The number of hydrogen-bond acceptors (Lipinski definition) is 2. The topological polar surface area (TPSA) is 41.1 Å². The van der Waals surface area contributed by atoms with Crippen molar-refractivity contribution < 1.29 is 4.79 Å². The number of hydrogen-bond donors (Lipinski definition) is 2. The van der Waals surface area contributed by atoms with Gasteiger partial charge in [0, 0.05) is 12.0 Å². The van der Waals surface area contributed by atoms with E-state index in [9.17, 15) is 4.79 Å². The predicted molar refractivity (Wildman–Crippen MR) is 191 cm³/mol. The zero-order valence-electron chi connectivity index (χ0n) is 28.8. The third-order valence-corrected chi connectivity index (χ3v) is 11.8. The molecular formula is C40H70N2O. The van der Waals surface area contributed by atoms with Gasteiger partial charge in [-0.3, -0.25) is 4.79 Å². The number of rotatable bonds is 10. The number of carbonyl (C=O) groups is 1. The fourth-order valence-electron chi connectivity index (χ4n) is 9.90. The van der Waals surface area contributed by atoms with E-state index in [1.165, 1.54) is 68.9 Å². The van der Waals surface area contributed by atoms with Crippen LogP contribution in [0.1, 0.15) is 120 Å². The molecule has 3 fully saturated rings. The Morgan fingerprint density at radius 2 is 1.79 bits per heavy atom. The van der Waals surface area contributed by atoms with Crippen molar-refractivity contribution in [2.24, 2.45) is 45.8 Å². The summed E-state index contributed by atoms with van der Waals surface area (Å²) in [4.78, 5) is 11.0. The highest BCUT2D eigenvalue weighted by atomic mass is 16.1. The van der Waals surface area contributed by atoms with E-state index in [4.69, 9.17) is 6.58 Å². The molecule has 3 nitrogen and oxygen atoms in total. The van der Waals surface area contributed by atoms with Crippen LogP contribution >= 0.6 is 0 Å². The largest absolute Gasteiger partial charge is 0.358 e. The molecule has 0 saturated heterocycles. The lowest BCUT2D eigenvalue weighted by molar-refractivity contribution is -0.115. The van der Waals surface area contributed by atoms with Crippen LogP contribution < -0.4 is 10.6 Å². The standard InChI is InChI=1S/C32H49NO.C4H11N.C3H6.CH4/c1-8-9-26-13-16-32(20-26,24(4)14-17-33-21-34)31(7)19-23(3)29-28(25(31)5)11-10-27-18-22(2)12-15-30(27,29)6;1-3-4-5-2;1-3-2;/h12,15,18,21,23,25-26,28-29H,2,4,8-11,13-14,16-17,19-20H2,1,3,5-7H3,(H,33,34);5H,3-4H2,1-2H3;3H,1H2,2H3;1H4. The van der Waals surface area contributed by atoms with Crippen molar-refractivity contribution in [1.82, 2.24) is 10.6 Å². The lowest BCUT2D eigenvalue weighted by Crippen LogP contribution is -2.57. The Morgan fingerprint density at radius 3 is 2.35 bits per heavy atom. The molecule has 0 aromatic carbocycles. The molecule has 3 heteroatoms. The summed E-state index contributed by atoms with van der Waals surface area (Å²) in [5, 5.41) is 5.93. The highest BCUT2D eigenvalue weighted by molar-refractivity contribution is 5.46. The molecule has 0 bridgehead atoms. The van der Waals surface area contributed by atoms with Crippen LogP contribution in [0.5, 0.6) is 0 Å². The van der Waals surface area contributed by atoms with Crippen LogP contribution in [0.4, 0.5) is 0 Å². The van der Waals surface area contributed by atoms with Crippen LogP contribution in [0.2, 0.25) is 0 Å². The van der Waals surface area contributed by atoms with E-state index in [1.54, 1.807) is 11.6 Å². The quantitative estimate of drug-likeness (QED) is 0.150. The van der Waals surface area contributed by atoms with Crippen molar-refractivity contribution in [3.8, 4) is 0 Å². The minimum absolute atomic E-state index is 0. The molecule has 0 spiro atoms. The van der Waals surface area contributed by atoms with Crippen molar-refractivity contribution in [2.75, 3.05) is 20.1 Å². The third kappa shape index (κ3) is 8.24. The van der Waals surface area contributed by atoms with Crippen molar-refractivity contribution >= 4 is 6.41 Å². The maximum atomic E-state index is 11.0. The SMILES string of the molecule is C.C=C1C=CC2(C)C(=C1)CCC1C2C(C)CC(C)(C2(C(=C)CCNC=O)CCC(CCC)C2)C1C.C=CC.CCCNC. The van der Waals surface area contributed by atoms with Gasteiger partial charge in [-0.05, 0) is 118 Å². The number of allylic oxidation sites excluding steroid dienone is 6. The summed E-state index contributed by atoms with van der Waals surface area (Å²) in [6.07, 6.45) is 22.2. The average Bonchev–Trinajstić information content (AvgIpc) is 3.39. The van der Waals surface area contributed by atoms with Gasteiger partial charge in [-0.2, -0.15) is 0 Å². The van der Waals surface area contributed by atoms with Crippen molar-refractivity contribution in [3.05, 3.63) is 60.8 Å². The summed E-state index contributed by atoms with van der Waals surface area (Å²) in [6, 6.07) is 0. The molecule has 2 N–H and O–H groups in total. The monoisotopic (exact) mass is 595 g/mol. The van der Waals surface area contributed by atoms with E-state index < -0.39 is 0 Å². The summed E-state index contributed by atoms with van der Waals surface area (Å²) in [5.41, 5.74) is 4.83. The number of nitrogens with one attached hydrogen (secondary N) is 2. The van der Waals surface area contributed by atoms with Gasteiger partial charge >= 0.3 is 0 Å². The van der Waals surface area contributed by atoms with Crippen LogP contribution in [-0.2, 0) is 4.79 Å². The Kier molecular flexibility index (Phi) is 16.0. The lowest BCUT2D eigenvalue weighted by Gasteiger charge is -2.64. The normalized spacial score (nSPS) is 35.8. The molecule has 43 heavy (non-hydrogen) atoms. The molecule has 8 unspecified atom stereocenters. The zero-order chi connectivity index (χ0) is 31.6. The Morgan fingerprint density at radius 1 is 1.12 bits per heavy atom. The van der Waals surface area contributed by atoms with E-state index in [0.29, 0.717) is 17.8 Å². The van der Waals surface area contributed by atoms with Gasteiger partial charge in [-0.15, -0.1) is 6.58 Å². The Labute approximate surface area is 268 Å². The van der Waals surface area contributed by atoms with Crippen molar-refractivity contribution in [2.45, 2.75) is 120 Å². The Bertz CT molecular complexity index is 975. The van der Waals surface area contributed by atoms with E-state index in [2.05, 4.69) is 83.6 Å². The van der Waals surface area contributed by atoms with E-state index >= 15 is 0 Å². The molecule has 0 heterocycles. The Balaban J connectivity index is 0.000000917. The summed E-state index contributed by atoms with van der Waals surface area (Å²) < 4.78 is 0. The second-order valence-electron chi connectivity index (χ2n) is 14.4. The summed E-state index contributed by atoms with van der Waals surface area (Å²) >= 11 is 0. The first kappa shape index (κ1) is 39.2. The maximum Gasteiger partial charge on any atom is 0.207 e. The first-order valence-corrected chi connectivity index (χ1v) is 17.1. The molecule has 4 rings (SSSR count). The highest BCUT2D eigenvalue weighted by Gasteiger charge is 2.62. The van der Waals surface area contributed by atoms with E-state index in [0.717, 1.165) is 37.8 Å². The molecule has 4 aliphatic rings. The average molecular weight is 595 g/mol. The molecule has 3 saturated carbocycles. The molecule has 1 amide bonds. The summed E-state index contributed by atoms with van der Waals surface area (Å²) in [7, 11) is 1.96. The summed E-state index contributed by atoms with van der Waals surface area (Å²) in [5.74, 6) is 3.62. The first-order chi connectivity index (χ1) is 20.0. The molecule has 8 atom stereocenters. The third-order valence-electron chi connectivity index (χ3n) is 11.8. The Hall–Kier alpha value is -1.87. The van der Waals surface area contributed by atoms with Gasteiger partial charge in [0.05, 0.1) is 0 Å². The van der Waals surface area contributed by atoms with Gasteiger partial charge in [0.25, 0.3) is 0 Å². The predicted octanol–water partition coefficient (Wildman–Crippen LogP) is 10.5. The van der Waals surface area contributed by atoms with Crippen LogP contribution in [0, 0.1) is 45.8 Å². The second-order valence-corrected chi connectivity index (χ2v) is 14.4. The fourth-order valence-corrected chi connectivity index (χ4v) is 9.90. The highest BCUT2D eigenvalue weighted by Crippen LogP contribution is 2.70. The second kappa shape index (κ2) is 17.6. The lowest BCUT2D eigenvalue weighted by atomic mass is 9.40. The van der Waals surface area contributed by atoms with Crippen molar-refractivity contribution in [3.63, 3.8) is 0 Å². The van der Waals surface area contributed by atoms with Crippen molar-refractivity contribution in [1.29, 1.82) is 0 Å². The summed E-state index contributed by atoms with van der Waals surface area (Å²) in [6.45, 7) is 30.9. The van der Waals surface area contributed by atoms with Crippen LogP contribution in [0.3, 0.4) is 0 Å². The van der Waals surface area contributed by atoms with Gasteiger partial charge in [0.15, 0.2) is 0 Å². The van der Waals surface area contributed by atoms with Crippen LogP contribution in [0.25, 0.3) is 0 Å². The molecular weight excluding hydrogens is 524 g/mol. The number of fused-ring (bicyclic) bond motifs is 3. The van der Waals surface area contributed by atoms with Gasteiger partial charge < -0.3 is 10.6 Å². The number of carbonyl (C=O) groups excluding carboxylic acids is 1. The first-order valence-electron chi connectivity index (χ1n) is 17.1. The molecule has 0 aliphatic heterocycles.